The summed E-state index contributed by atoms with van der Waals surface area (Å²) < 4.78 is 29.0. The predicted molar refractivity (Wildman–Crippen MR) is 108 cm³/mol. The lowest BCUT2D eigenvalue weighted by Gasteiger charge is -2.12. The van der Waals surface area contributed by atoms with E-state index in [0.29, 0.717) is 33.3 Å². The molecule has 7 nitrogen and oxygen atoms in total. The van der Waals surface area contributed by atoms with Gasteiger partial charge in [-0.3, -0.25) is 4.79 Å². The SMILES string of the molecule is Cc1cc(-c2c(-c3ccc(S(C)(=O)=O)cc3)c3cc(C#N)ccc3[nH]c2=O)on1. The zero-order valence-electron chi connectivity index (χ0n) is 15.6. The molecule has 0 aliphatic heterocycles. The van der Waals surface area contributed by atoms with Crippen LogP contribution in [0.5, 0.6) is 0 Å². The average Bonchev–Trinajstić information content (AvgIpc) is 3.12. The molecular weight excluding hydrogens is 390 g/mol. The van der Waals surface area contributed by atoms with E-state index in [4.69, 9.17) is 4.52 Å². The number of hydrogen-bond donors (Lipinski definition) is 1. The molecule has 0 saturated carbocycles. The van der Waals surface area contributed by atoms with E-state index in [1.807, 2.05) is 0 Å². The van der Waals surface area contributed by atoms with Gasteiger partial charge < -0.3 is 9.51 Å². The molecule has 1 N–H and O–H groups in total. The van der Waals surface area contributed by atoms with Crippen LogP contribution in [0.15, 0.2) is 62.7 Å². The van der Waals surface area contributed by atoms with Gasteiger partial charge in [-0.1, -0.05) is 17.3 Å². The smallest absolute Gasteiger partial charge is 0.260 e. The third kappa shape index (κ3) is 3.32. The van der Waals surface area contributed by atoms with Crippen LogP contribution < -0.4 is 5.56 Å². The molecular formula is C21H15N3O4S. The second-order valence-corrected chi connectivity index (χ2v) is 8.72. The van der Waals surface area contributed by atoms with Gasteiger partial charge in [-0.2, -0.15) is 5.26 Å². The highest BCUT2D eigenvalue weighted by molar-refractivity contribution is 7.90. The van der Waals surface area contributed by atoms with Crippen LogP contribution in [0.2, 0.25) is 0 Å². The van der Waals surface area contributed by atoms with Crippen LogP contribution in [0.25, 0.3) is 33.4 Å². The first-order valence-corrected chi connectivity index (χ1v) is 10.5. The second kappa shape index (κ2) is 6.72. The second-order valence-electron chi connectivity index (χ2n) is 6.71. The van der Waals surface area contributed by atoms with Gasteiger partial charge in [-0.25, -0.2) is 8.42 Å². The number of nitriles is 1. The van der Waals surface area contributed by atoms with Crippen LogP contribution in [0, 0.1) is 18.3 Å². The third-order valence-corrected chi connectivity index (χ3v) is 5.72. The van der Waals surface area contributed by atoms with Gasteiger partial charge in [0.05, 0.1) is 27.8 Å². The van der Waals surface area contributed by atoms with Gasteiger partial charge >= 0.3 is 0 Å². The molecule has 0 saturated heterocycles. The molecule has 29 heavy (non-hydrogen) atoms. The summed E-state index contributed by atoms with van der Waals surface area (Å²) in [5, 5.41) is 13.8. The number of aromatic amines is 1. The molecule has 4 rings (SSSR count). The van der Waals surface area contributed by atoms with Crippen LogP contribution in [-0.2, 0) is 9.84 Å². The van der Waals surface area contributed by atoms with Crippen molar-refractivity contribution in [2.24, 2.45) is 0 Å². The summed E-state index contributed by atoms with van der Waals surface area (Å²) in [5.41, 5.74) is 2.64. The highest BCUT2D eigenvalue weighted by Crippen LogP contribution is 2.36. The number of fused-ring (bicyclic) bond motifs is 1. The van der Waals surface area contributed by atoms with Gasteiger partial charge in [0.25, 0.3) is 5.56 Å². The first-order valence-electron chi connectivity index (χ1n) is 8.62. The van der Waals surface area contributed by atoms with Crippen molar-refractivity contribution in [3.63, 3.8) is 0 Å². The number of aryl methyl sites for hydroxylation is 1. The molecule has 0 unspecified atom stereocenters. The molecule has 4 aromatic rings. The Hall–Kier alpha value is -3.70. The Labute approximate surface area is 166 Å². The first-order chi connectivity index (χ1) is 13.8. The Morgan fingerprint density at radius 3 is 2.38 bits per heavy atom. The third-order valence-electron chi connectivity index (χ3n) is 4.59. The molecule has 8 heteroatoms. The Morgan fingerprint density at radius 1 is 1.07 bits per heavy atom. The summed E-state index contributed by atoms with van der Waals surface area (Å²) in [5.74, 6) is 0.287. The molecule has 0 atom stereocenters. The van der Waals surface area contributed by atoms with E-state index in [1.54, 1.807) is 43.3 Å². The lowest BCUT2D eigenvalue weighted by atomic mass is 9.94. The Bertz CT molecular complexity index is 1460. The average molecular weight is 405 g/mol. The molecule has 0 aliphatic carbocycles. The molecule has 0 radical (unpaired) electrons. The van der Waals surface area contributed by atoms with Crippen molar-refractivity contribution in [3.8, 4) is 28.5 Å². The Kier molecular flexibility index (Phi) is 4.32. The summed E-state index contributed by atoms with van der Waals surface area (Å²) in [7, 11) is -3.36. The number of pyridine rings is 1. The lowest BCUT2D eigenvalue weighted by Crippen LogP contribution is -2.11. The van der Waals surface area contributed by atoms with Gasteiger partial charge in [0.2, 0.25) is 0 Å². The van der Waals surface area contributed by atoms with Gasteiger partial charge in [0.1, 0.15) is 0 Å². The summed E-state index contributed by atoms with van der Waals surface area (Å²) in [6.07, 6.45) is 1.13. The fourth-order valence-corrected chi connectivity index (χ4v) is 3.88. The predicted octanol–water partition coefficient (Wildman–Crippen LogP) is 3.43. The fraction of sp³-hybridized carbons (Fsp3) is 0.0952. The summed E-state index contributed by atoms with van der Waals surface area (Å²) in [4.78, 5) is 15.9. The van der Waals surface area contributed by atoms with E-state index in [-0.39, 0.29) is 21.8 Å². The molecule has 0 aliphatic rings. The molecule has 2 heterocycles. The summed E-state index contributed by atoms with van der Waals surface area (Å²) >= 11 is 0. The summed E-state index contributed by atoms with van der Waals surface area (Å²) in [6, 6.07) is 15.0. The fourth-order valence-electron chi connectivity index (χ4n) is 3.25. The van der Waals surface area contributed by atoms with Gasteiger partial charge in [-0.05, 0) is 42.8 Å². The van der Waals surface area contributed by atoms with E-state index >= 15 is 0 Å². The van der Waals surface area contributed by atoms with Crippen molar-refractivity contribution in [3.05, 3.63) is 70.1 Å². The molecule has 0 bridgehead atoms. The van der Waals surface area contributed by atoms with Crippen LogP contribution in [0.3, 0.4) is 0 Å². The standard InChI is InChI=1S/C21H15N3O4S/c1-12-9-18(28-24-12)20-19(14-4-6-15(7-5-14)29(2,26)27)16-10-13(11-22)3-8-17(16)23-21(20)25/h3-10H,1-2H3,(H,23,25). The van der Waals surface area contributed by atoms with Crippen LogP contribution in [0.4, 0.5) is 0 Å². The highest BCUT2D eigenvalue weighted by Gasteiger charge is 2.20. The molecule has 2 aromatic heterocycles. The van der Waals surface area contributed by atoms with Gasteiger partial charge in [-0.15, -0.1) is 0 Å². The highest BCUT2D eigenvalue weighted by atomic mass is 32.2. The maximum atomic E-state index is 12.9. The number of H-pyrrole nitrogens is 1. The van der Waals surface area contributed by atoms with Crippen molar-refractivity contribution in [1.82, 2.24) is 10.1 Å². The maximum Gasteiger partial charge on any atom is 0.260 e. The van der Waals surface area contributed by atoms with E-state index < -0.39 is 9.84 Å². The molecule has 0 amide bonds. The van der Waals surface area contributed by atoms with E-state index in [1.165, 1.54) is 12.1 Å². The van der Waals surface area contributed by atoms with E-state index in [0.717, 1.165) is 6.26 Å². The number of aromatic nitrogens is 2. The van der Waals surface area contributed by atoms with Crippen LogP contribution >= 0.6 is 0 Å². The van der Waals surface area contributed by atoms with Gasteiger partial charge in [0.15, 0.2) is 15.6 Å². The number of benzene rings is 2. The topological polar surface area (TPSA) is 117 Å². The van der Waals surface area contributed by atoms with Crippen LogP contribution in [0.1, 0.15) is 11.3 Å². The Morgan fingerprint density at radius 2 is 1.79 bits per heavy atom. The maximum absolute atomic E-state index is 12.9. The zero-order chi connectivity index (χ0) is 20.8. The molecule has 144 valence electrons. The monoisotopic (exact) mass is 405 g/mol. The molecule has 2 aromatic carbocycles. The zero-order valence-corrected chi connectivity index (χ0v) is 16.4. The molecule has 0 fully saturated rings. The van der Waals surface area contributed by atoms with Crippen molar-refractivity contribution in [1.29, 1.82) is 5.26 Å². The number of sulfone groups is 1. The normalized spacial score (nSPS) is 11.5. The number of nitrogens with zero attached hydrogens (tertiary/aromatic N) is 2. The summed E-state index contributed by atoms with van der Waals surface area (Å²) in [6.45, 7) is 1.75. The van der Waals surface area contributed by atoms with E-state index in [9.17, 15) is 18.5 Å². The minimum absolute atomic E-state index is 0.171. The number of rotatable bonds is 3. The number of nitrogens with one attached hydrogen (secondary N) is 1. The Balaban J connectivity index is 2.11. The first kappa shape index (κ1) is 18.7. The van der Waals surface area contributed by atoms with Crippen molar-refractivity contribution >= 4 is 20.7 Å². The lowest BCUT2D eigenvalue weighted by molar-refractivity contribution is 0.427. The minimum Gasteiger partial charge on any atom is -0.356 e. The van der Waals surface area contributed by atoms with Crippen molar-refractivity contribution < 1.29 is 12.9 Å². The van der Waals surface area contributed by atoms with E-state index in [2.05, 4.69) is 16.2 Å². The van der Waals surface area contributed by atoms with Crippen LogP contribution in [-0.4, -0.2) is 24.8 Å². The molecule has 0 spiro atoms. The minimum atomic E-state index is -3.36. The number of hydrogen-bond acceptors (Lipinski definition) is 6. The van der Waals surface area contributed by atoms with Gasteiger partial charge in [0, 0.05) is 28.8 Å². The van der Waals surface area contributed by atoms with Crippen molar-refractivity contribution in [2.45, 2.75) is 11.8 Å². The largest absolute Gasteiger partial charge is 0.356 e. The quantitative estimate of drug-likeness (QED) is 0.558. The van der Waals surface area contributed by atoms with Crippen molar-refractivity contribution in [2.75, 3.05) is 6.26 Å².